The van der Waals surface area contributed by atoms with E-state index in [-0.39, 0.29) is 25.6 Å². The number of halogens is 1. The lowest BCUT2D eigenvalue weighted by Gasteiger charge is -2.24. The van der Waals surface area contributed by atoms with Gasteiger partial charge in [-0.25, -0.2) is 0 Å². The molecule has 0 amide bonds. The molecule has 0 heterocycles. The van der Waals surface area contributed by atoms with Gasteiger partial charge in [0.2, 0.25) is 0 Å². The highest BCUT2D eigenvalue weighted by molar-refractivity contribution is 5.85. The number of aliphatic hydroxyl groups excluding tert-OH is 2. The smallest absolute Gasteiger partial charge is 0.0633 e. The quantitative estimate of drug-likeness (QED) is 0.504. The Balaban J connectivity index is 0. The maximum absolute atomic E-state index is 9.00. The Morgan fingerprint density at radius 1 is 0.824 bits per heavy atom. The first kappa shape index (κ1) is 19.5. The molecule has 0 aliphatic rings. The molecule has 106 valence electrons. The van der Waals surface area contributed by atoms with Crippen molar-refractivity contribution in [3.05, 3.63) is 0 Å². The second-order valence-corrected chi connectivity index (χ2v) is 4.90. The van der Waals surface area contributed by atoms with Crippen molar-refractivity contribution in [3.63, 3.8) is 0 Å². The Labute approximate surface area is 112 Å². The SMILES string of the molecule is CCCCCCCCCCC(N)(CO)CO.Cl. The number of rotatable bonds is 11. The van der Waals surface area contributed by atoms with Crippen LogP contribution in [0.1, 0.15) is 64.7 Å². The van der Waals surface area contributed by atoms with E-state index in [1.807, 2.05) is 0 Å². The molecule has 0 fully saturated rings. The van der Waals surface area contributed by atoms with Crippen LogP contribution in [-0.4, -0.2) is 29.0 Å². The van der Waals surface area contributed by atoms with Gasteiger partial charge in [0.1, 0.15) is 0 Å². The van der Waals surface area contributed by atoms with E-state index in [1.165, 1.54) is 38.5 Å². The highest BCUT2D eigenvalue weighted by Gasteiger charge is 2.21. The largest absolute Gasteiger partial charge is 0.394 e. The van der Waals surface area contributed by atoms with E-state index in [1.54, 1.807) is 0 Å². The van der Waals surface area contributed by atoms with E-state index >= 15 is 0 Å². The van der Waals surface area contributed by atoms with Crippen LogP contribution in [0.4, 0.5) is 0 Å². The molecule has 17 heavy (non-hydrogen) atoms. The third-order valence-electron chi connectivity index (χ3n) is 3.16. The maximum Gasteiger partial charge on any atom is 0.0633 e. The fourth-order valence-electron chi connectivity index (χ4n) is 1.82. The predicted molar refractivity (Wildman–Crippen MR) is 75.6 cm³/mol. The molecule has 0 atom stereocenters. The van der Waals surface area contributed by atoms with Crippen LogP contribution in [0.5, 0.6) is 0 Å². The first-order valence-corrected chi connectivity index (χ1v) is 6.69. The maximum atomic E-state index is 9.00. The zero-order chi connectivity index (χ0) is 12.3. The average Bonchev–Trinajstić information content (AvgIpc) is 2.32. The van der Waals surface area contributed by atoms with Gasteiger partial charge in [-0.05, 0) is 6.42 Å². The molecule has 0 aliphatic carbocycles. The fraction of sp³-hybridized carbons (Fsp3) is 1.00. The molecule has 4 heteroatoms. The highest BCUT2D eigenvalue weighted by atomic mass is 35.5. The van der Waals surface area contributed by atoms with Crippen molar-refractivity contribution in [3.8, 4) is 0 Å². The molecule has 0 bridgehead atoms. The van der Waals surface area contributed by atoms with Crippen molar-refractivity contribution in [2.24, 2.45) is 5.73 Å². The zero-order valence-corrected chi connectivity index (χ0v) is 12.0. The molecular formula is C13H30ClNO2. The Bertz CT molecular complexity index is 152. The van der Waals surface area contributed by atoms with Gasteiger partial charge in [-0.3, -0.25) is 0 Å². The number of unbranched alkanes of at least 4 members (excludes halogenated alkanes) is 7. The lowest BCUT2D eigenvalue weighted by molar-refractivity contribution is 0.112. The molecule has 3 nitrogen and oxygen atoms in total. The van der Waals surface area contributed by atoms with Crippen LogP contribution < -0.4 is 5.73 Å². The Kier molecular flexibility index (Phi) is 14.5. The molecule has 0 radical (unpaired) electrons. The summed E-state index contributed by atoms with van der Waals surface area (Å²) < 4.78 is 0. The van der Waals surface area contributed by atoms with Gasteiger partial charge in [0.15, 0.2) is 0 Å². The van der Waals surface area contributed by atoms with Crippen molar-refractivity contribution >= 4 is 12.4 Å². The normalized spacial score (nSPS) is 11.3. The van der Waals surface area contributed by atoms with Crippen molar-refractivity contribution in [1.82, 2.24) is 0 Å². The summed E-state index contributed by atoms with van der Waals surface area (Å²) in [6, 6.07) is 0. The van der Waals surface area contributed by atoms with Crippen molar-refractivity contribution < 1.29 is 10.2 Å². The second-order valence-electron chi connectivity index (χ2n) is 4.90. The van der Waals surface area contributed by atoms with Crippen molar-refractivity contribution in [1.29, 1.82) is 0 Å². The zero-order valence-electron chi connectivity index (χ0n) is 11.2. The molecular weight excluding hydrogens is 238 g/mol. The van der Waals surface area contributed by atoms with Gasteiger partial charge in [0, 0.05) is 0 Å². The molecule has 0 aliphatic heterocycles. The minimum atomic E-state index is -0.762. The summed E-state index contributed by atoms with van der Waals surface area (Å²) in [6.45, 7) is 1.98. The summed E-state index contributed by atoms with van der Waals surface area (Å²) >= 11 is 0. The first-order valence-electron chi connectivity index (χ1n) is 6.69. The average molecular weight is 268 g/mol. The van der Waals surface area contributed by atoms with Gasteiger partial charge in [-0.2, -0.15) is 0 Å². The van der Waals surface area contributed by atoms with Gasteiger partial charge in [-0.1, -0.05) is 58.3 Å². The van der Waals surface area contributed by atoms with Crippen LogP contribution in [-0.2, 0) is 0 Å². The summed E-state index contributed by atoms with van der Waals surface area (Å²) in [7, 11) is 0. The van der Waals surface area contributed by atoms with Gasteiger partial charge in [0.25, 0.3) is 0 Å². The van der Waals surface area contributed by atoms with Crippen LogP contribution in [0, 0.1) is 0 Å². The summed E-state index contributed by atoms with van der Waals surface area (Å²) in [6.07, 6.45) is 10.8. The third kappa shape index (κ3) is 11.0. The van der Waals surface area contributed by atoms with Crippen LogP contribution in [0.25, 0.3) is 0 Å². The molecule has 0 rings (SSSR count). The summed E-state index contributed by atoms with van der Waals surface area (Å²) in [5, 5.41) is 18.0. The number of aliphatic hydroxyl groups is 2. The van der Waals surface area contributed by atoms with E-state index in [2.05, 4.69) is 6.92 Å². The highest BCUT2D eigenvalue weighted by Crippen LogP contribution is 2.14. The second kappa shape index (κ2) is 12.6. The third-order valence-corrected chi connectivity index (χ3v) is 3.16. The summed E-state index contributed by atoms with van der Waals surface area (Å²) in [5.74, 6) is 0. The number of nitrogens with two attached hydrogens (primary N) is 1. The lowest BCUT2D eigenvalue weighted by Crippen LogP contribution is -2.47. The van der Waals surface area contributed by atoms with E-state index in [9.17, 15) is 0 Å². The van der Waals surface area contributed by atoms with E-state index in [0.717, 1.165) is 19.3 Å². The topological polar surface area (TPSA) is 66.5 Å². The van der Waals surface area contributed by atoms with Crippen LogP contribution >= 0.6 is 12.4 Å². The minimum Gasteiger partial charge on any atom is -0.394 e. The molecule has 0 unspecified atom stereocenters. The first-order chi connectivity index (χ1) is 7.68. The molecule has 0 saturated carbocycles. The molecule has 0 spiro atoms. The van der Waals surface area contributed by atoms with Crippen LogP contribution in [0.2, 0.25) is 0 Å². The van der Waals surface area contributed by atoms with E-state index < -0.39 is 5.54 Å². The van der Waals surface area contributed by atoms with Crippen molar-refractivity contribution in [2.75, 3.05) is 13.2 Å². The van der Waals surface area contributed by atoms with Crippen LogP contribution in [0.3, 0.4) is 0 Å². The van der Waals surface area contributed by atoms with Gasteiger partial charge in [-0.15, -0.1) is 12.4 Å². The fourth-order valence-corrected chi connectivity index (χ4v) is 1.82. The van der Waals surface area contributed by atoms with E-state index in [4.69, 9.17) is 15.9 Å². The van der Waals surface area contributed by atoms with Gasteiger partial charge < -0.3 is 15.9 Å². The van der Waals surface area contributed by atoms with Crippen LogP contribution in [0.15, 0.2) is 0 Å². The van der Waals surface area contributed by atoms with E-state index in [0.29, 0.717) is 0 Å². The monoisotopic (exact) mass is 267 g/mol. The molecule has 0 saturated heterocycles. The number of hydrogen-bond acceptors (Lipinski definition) is 3. The number of hydrogen-bond donors (Lipinski definition) is 3. The molecule has 4 N–H and O–H groups in total. The summed E-state index contributed by atoms with van der Waals surface area (Å²) in [5.41, 5.74) is 5.02. The Morgan fingerprint density at radius 3 is 1.65 bits per heavy atom. The lowest BCUT2D eigenvalue weighted by atomic mass is 9.94. The molecule has 0 aromatic carbocycles. The van der Waals surface area contributed by atoms with Crippen molar-refractivity contribution in [2.45, 2.75) is 70.3 Å². The molecule has 0 aromatic heterocycles. The Hall–Kier alpha value is 0.170. The molecule has 0 aromatic rings. The Morgan fingerprint density at radius 2 is 1.24 bits per heavy atom. The standard InChI is InChI=1S/C13H29NO2.ClH/c1-2-3-4-5-6-7-8-9-10-13(14,11-15)12-16;/h15-16H,2-12,14H2,1H3;1H. The minimum absolute atomic E-state index is 0. The summed E-state index contributed by atoms with van der Waals surface area (Å²) in [4.78, 5) is 0. The predicted octanol–water partition coefficient (Wildman–Crippen LogP) is 2.62. The van der Waals surface area contributed by atoms with Gasteiger partial charge >= 0.3 is 0 Å². The van der Waals surface area contributed by atoms with Gasteiger partial charge in [0.05, 0.1) is 18.8 Å².